The van der Waals surface area contributed by atoms with E-state index in [1.165, 1.54) is 0 Å². The fourth-order valence-electron chi connectivity index (χ4n) is 4.45. The van der Waals surface area contributed by atoms with Crippen molar-refractivity contribution in [3.05, 3.63) is 64.7 Å². The van der Waals surface area contributed by atoms with Gasteiger partial charge in [0.25, 0.3) is 5.91 Å². The third-order valence-corrected chi connectivity index (χ3v) is 5.82. The molecular formula is C23H25B2FN2O2. The fraction of sp³-hybridized carbons (Fsp3) is 0.435. The van der Waals surface area contributed by atoms with E-state index >= 15 is 0 Å². The van der Waals surface area contributed by atoms with E-state index in [9.17, 15) is 9.18 Å². The van der Waals surface area contributed by atoms with Crippen LogP contribution >= 0.6 is 0 Å². The lowest BCUT2D eigenvalue weighted by atomic mass is 9.61. The second-order valence-electron chi connectivity index (χ2n) is 8.45. The van der Waals surface area contributed by atoms with Crippen molar-refractivity contribution in [2.75, 3.05) is 18.0 Å². The Morgan fingerprint density at radius 2 is 1.90 bits per heavy atom. The number of benzene rings is 2. The predicted molar refractivity (Wildman–Crippen MR) is 118 cm³/mol. The van der Waals surface area contributed by atoms with Crippen LogP contribution in [0.4, 0.5) is 10.1 Å². The summed E-state index contributed by atoms with van der Waals surface area (Å²) < 4.78 is 20.7. The molecule has 4 nitrogen and oxygen atoms in total. The number of alkyl halides is 1. The first-order valence-corrected chi connectivity index (χ1v) is 10.4. The molecule has 2 aromatic rings. The summed E-state index contributed by atoms with van der Waals surface area (Å²) in [6.45, 7) is 6.59. The Labute approximate surface area is 180 Å². The first kappa shape index (κ1) is 21.1. The Bertz CT molecular complexity index is 933. The molecule has 0 aromatic heterocycles. The molecule has 0 saturated carbocycles. The Morgan fingerprint density at radius 1 is 1.17 bits per heavy atom. The van der Waals surface area contributed by atoms with E-state index in [4.69, 9.17) is 20.4 Å². The minimum absolute atomic E-state index is 0.107. The largest absolute Gasteiger partial charge is 0.374 e. The van der Waals surface area contributed by atoms with E-state index in [1.54, 1.807) is 11.0 Å². The number of para-hydroxylation sites is 1. The lowest BCUT2D eigenvalue weighted by Gasteiger charge is -2.25. The zero-order chi connectivity index (χ0) is 21.5. The maximum atomic E-state index is 14.8. The van der Waals surface area contributed by atoms with Gasteiger partial charge in [-0.15, -0.1) is 0 Å². The molecule has 0 N–H and O–H groups in total. The molecule has 0 bridgehead atoms. The van der Waals surface area contributed by atoms with Crippen LogP contribution in [0.15, 0.2) is 42.5 Å². The molecule has 1 saturated heterocycles. The highest BCUT2D eigenvalue weighted by Crippen LogP contribution is 2.36. The number of fused-ring (bicyclic) bond motifs is 1. The van der Waals surface area contributed by atoms with E-state index in [0.29, 0.717) is 17.7 Å². The van der Waals surface area contributed by atoms with Crippen molar-refractivity contribution >= 4 is 27.3 Å². The number of halogens is 1. The van der Waals surface area contributed by atoms with Crippen LogP contribution < -0.4 is 4.90 Å². The summed E-state index contributed by atoms with van der Waals surface area (Å²) in [5, 5.41) is 0. The molecule has 1 amide bonds. The van der Waals surface area contributed by atoms with Gasteiger partial charge in [-0.1, -0.05) is 24.3 Å². The Hall–Kier alpha value is -2.11. The van der Waals surface area contributed by atoms with Crippen LogP contribution in [0, 0.1) is 0 Å². The van der Waals surface area contributed by atoms with E-state index < -0.39 is 5.47 Å². The monoisotopic (exact) mass is 402 g/mol. The number of hydrogen-bond donors (Lipinski definition) is 0. The number of nitrogens with zero attached hydrogens (tertiary/aromatic N) is 2. The summed E-state index contributed by atoms with van der Waals surface area (Å²) in [4.78, 5) is 17.1. The van der Waals surface area contributed by atoms with Crippen LogP contribution in [-0.4, -0.2) is 51.8 Å². The Balaban J connectivity index is 1.67. The van der Waals surface area contributed by atoms with Gasteiger partial charge in [0, 0.05) is 30.9 Å². The molecule has 0 spiro atoms. The summed E-state index contributed by atoms with van der Waals surface area (Å²) in [6.07, 6.45) is 1.23. The molecule has 30 heavy (non-hydrogen) atoms. The number of amides is 1. The standard InChI is InChI=1S/C23H25B2FN2O2/c1-15-8-9-27(12-16(2)30-15)13-17-10-19-20(21(11-17)23(24,25)26)14-28(22(19)29)18-6-4-3-5-7-18/h3-7,10-11,15-16H,8-9,12-14H2,1-2H3. The second kappa shape index (κ2) is 8.20. The van der Waals surface area contributed by atoms with Crippen molar-refractivity contribution in [3.63, 3.8) is 0 Å². The molecule has 4 radical (unpaired) electrons. The van der Waals surface area contributed by atoms with E-state index in [-0.39, 0.29) is 30.2 Å². The quantitative estimate of drug-likeness (QED) is 0.737. The fourth-order valence-corrected chi connectivity index (χ4v) is 4.45. The molecule has 2 aliphatic heterocycles. The number of ether oxygens (including phenoxy) is 1. The molecule has 2 heterocycles. The van der Waals surface area contributed by atoms with Crippen LogP contribution in [0.2, 0.25) is 0 Å². The SMILES string of the molecule is [B]C([B])(F)c1cc(CN2CCC(C)OC(C)C2)cc2c1CN(c1ccccc1)C2=O. The van der Waals surface area contributed by atoms with Gasteiger partial charge >= 0.3 is 0 Å². The summed E-state index contributed by atoms with van der Waals surface area (Å²) in [5.74, 6) is -0.162. The molecular weight excluding hydrogens is 377 g/mol. The normalized spacial score (nSPS) is 22.8. The summed E-state index contributed by atoms with van der Waals surface area (Å²) in [6, 6.07) is 12.9. The second-order valence-corrected chi connectivity index (χ2v) is 8.45. The molecule has 7 heteroatoms. The molecule has 152 valence electrons. The van der Waals surface area contributed by atoms with E-state index in [1.807, 2.05) is 36.4 Å². The lowest BCUT2D eigenvalue weighted by Crippen LogP contribution is -2.30. The third kappa shape index (κ3) is 4.33. The molecule has 2 atom stereocenters. The number of rotatable bonds is 4. The molecule has 2 aromatic carbocycles. The average Bonchev–Trinajstić information content (AvgIpc) is 2.92. The van der Waals surface area contributed by atoms with E-state index in [2.05, 4.69) is 18.7 Å². The van der Waals surface area contributed by atoms with Crippen molar-refractivity contribution in [1.29, 1.82) is 0 Å². The minimum Gasteiger partial charge on any atom is -0.374 e. The number of hydrogen-bond acceptors (Lipinski definition) is 3. The van der Waals surface area contributed by atoms with Crippen molar-refractivity contribution in [2.45, 2.75) is 51.0 Å². The highest BCUT2D eigenvalue weighted by atomic mass is 19.1. The minimum atomic E-state index is -2.52. The van der Waals surface area contributed by atoms with Gasteiger partial charge < -0.3 is 9.64 Å². The topological polar surface area (TPSA) is 32.8 Å². The highest BCUT2D eigenvalue weighted by Gasteiger charge is 2.35. The van der Waals surface area contributed by atoms with Crippen LogP contribution in [0.5, 0.6) is 0 Å². The molecule has 4 rings (SSSR count). The lowest BCUT2D eigenvalue weighted by molar-refractivity contribution is 0.0138. The van der Waals surface area contributed by atoms with Crippen LogP contribution in [-0.2, 0) is 23.3 Å². The van der Waals surface area contributed by atoms with Crippen LogP contribution in [0.1, 0.15) is 47.3 Å². The average molecular weight is 402 g/mol. The Morgan fingerprint density at radius 3 is 2.60 bits per heavy atom. The molecule has 0 aliphatic carbocycles. The number of anilines is 1. The van der Waals surface area contributed by atoms with Gasteiger partial charge in [-0.25, -0.2) is 0 Å². The smallest absolute Gasteiger partial charge is 0.258 e. The van der Waals surface area contributed by atoms with Crippen LogP contribution in [0.3, 0.4) is 0 Å². The van der Waals surface area contributed by atoms with Crippen molar-refractivity contribution in [2.24, 2.45) is 0 Å². The van der Waals surface area contributed by atoms with Gasteiger partial charge in [-0.05, 0) is 55.2 Å². The molecule has 2 unspecified atom stereocenters. The first-order valence-electron chi connectivity index (χ1n) is 10.4. The van der Waals surface area contributed by atoms with Crippen LogP contribution in [0.25, 0.3) is 0 Å². The zero-order valence-corrected chi connectivity index (χ0v) is 17.5. The van der Waals surface area contributed by atoms with Gasteiger partial charge in [-0.3, -0.25) is 14.1 Å². The summed E-state index contributed by atoms with van der Waals surface area (Å²) >= 11 is 0. The summed E-state index contributed by atoms with van der Waals surface area (Å²) in [5.41, 5.74) is 0.271. The van der Waals surface area contributed by atoms with Gasteiger partial charge in [0.2, 0.25) is 0 Å². The first-order chi connectivity index (χ1) is 14.2. The zero-order valence-electron chi connectivity index (χ0n) is 17.5. The van der Waals surface area contributed by atoms with Gasteiger partial charge in [0.15, 0.2) is 0 Å². The van der Waals surface area contributed by atoms with Crippen molar-refractivity contribution < 1.29 is 13.9 Å². The van der Waals surface area contributed by atoms with Crippen molar-refractivity contribution in [1.82, 2.24) is 4.90 Å². The number of carbonyl (C=O) groups excluding carboxylic acids is 1. The third-order valence-electron chi connectivity index (χ3n) is 5.82. The molecule has 1 fully saturated rings. The predicted octanol–water partition coefficient (Wildman–Crippen LogP) is 3.26. The molecule has 2 aliphatic rings. The van der Waals surface area contributed by atoms with Crippen molar-refractivity contribution in [3.8, 4) is 0 Å². The maximum absolute atomic E-state index is 14.8. The highest BCUT2D eigenvalue weighted by molar-refractivity contribution is 6.39. The van der Waals surface area contributed by atoms with Gasteiger partial charge in [-0.2, -0.15) is 0 Å². The number of carbonyl (C=O) groups is 1. The van der Waals surface area contributed by atoms with Gasteiger partial charge in [0.1, 0.15) is 15.7 Å². The Kier molecular flexibility index (Phi) is 5.78. The van der Waals surface area contributed by atoms with Gasteiger partial charge in [0.05, 0.1) is 24.2 Å². The maximum Gasteiger partial charge on any atom is 0.258 e. The van der Waals surface area contributed by atoms with E-state index in [0.717, 1.165) is 30.8 Å². The summed E-state index contributed by atoms with van der Waals surface area (Å²) in [7, 11) is 11.3.